The minimum atomic E-state index is -1.31. The molecule has 27 heavy (non-hydrogen) atoms. The molecule has 3 aliphatic heterocycles. The predicted octanol–water partition coefficient (Wildman–Crippen LogP) is 1.45. The quantitative estimate of drug-likeness (QED) is 0.829. The lowest BCUT2D eigenvalue weighted by atomic mass is 10.0. The van der Waals surface area contributed by atoms with Gasteiger partial charge >= 0.3 is 5.97 Å². The first-order chi connectivity index (χ1) is 13.0. The maximum Gasteiger partial charge on any atom is 0.341 e. The van der Waals surface area contributed by atoms with Gasteiger partial charge in [-0.2, -0.15) is 0 Å². The molecular weight excluding hydrogens is 353 g/mol. The summed E-state index contributed by atoms with van der Waals surface area (Å²) in [5.41, 5.74) is -0.0569. The number of halogens is 1. The molecule has 8 heteroatoms. The summed E-state index contributed by atoms with van der Waals surface area (Å²) in [4.78, 5) is 26.2. The van der Waals surface area contributed by atoms with Gasteiger partial charge in [0.25, 0.3) is 5.56 Å². The molecule has 0 saturated carbocycles. The van der Waals surface area contributed by atoms with Gasteiger partial charge in [-0.15, -0.1) is 0 Å². The van der Waals surface area contributed by atoms with Crippen LogP contribution in [0.3, 0.4) is 0 Å². The summed E-state index contributed by atoms with van der Waals surface area (Å²) >= 11 is 0. The number of rotatable bonds is 2. The molecule has 2 unspecified atom stereocenters. The van der Waals surface area contributed by atoms with Gasteiger partial charge in [-0.25, -0.2) is 9.18 Å². The molecule has 3 atom stereocenters. The van der Waals surface area contributed by atoms with Crippen LogP contribution in [0.25, 0.3) is 10.9 Å². The molecule has 2 saturated heterocycles. The molecule has 0 spiro atoms. The number of aromatic carboxylic acids is 1. The van der Waals surface area contributed by atoms with E-state index in [1.54, 1.807) is 6.92 Å². The van der Waals surface area contributed by atoms with Crippen molar-refractivity contribution in [3.63, 3.8) is 0 Å². The van der Waals surface area contributed by atoms with Gasteiger partial charge in [0.15, 0.2) is 11.6 Å². The molecular formula is C19H20FN3O4. The summed E-state index contributed by atoms with van der Waals surface area (Å²) in [5, 5.41) is 13.1. The molecule has 1 aromatic carbocycles. The second kappa shape index (κ2) is 5.69. The van der Waals surface area contributed by atoms with Crippen molar-refractivity contribution in [2.45, 2.75) is 13.0 Å². The van der Waals surface area contributed by atoms with E-state index in [4.69, 9.17) is 4.74 Å². The van der Waals surface area contributed by atoms with Crippen molar-refractivity contribution >= 4 is 22.6 Å². The summed E-state index contributed by atoms with van der Waals surface area (Å²) < 4.78 is 22.5. The summed E-state index contributed by atoms with van der Waals surface area (Å²) in [6.45, 7) is 5.33. The number of hydrogen-bond acceptors (Lipinski definition) is 5. The van der Waals surface area contributed by atoms with Crippen LogP contribution in [-0.4, -0.2) is 48.4 Å². The molecule has 4 heterocycles. The van der Waals surface area contributed by atoms with E-state index in [1.165, 1.54) is 16.7 Å². The van der Waals surface area contributed by atoms with Crippen molar-refractivity contribution in [2.75, 3.05) is 37.7 Å². The van der Waals surface area contributed by atoms with E-state index in [2.05, 4.69) is 5.32 Å². The first kappa shape index (κ1) is 16.6. The molecule has 0 aliphatic carbocycles. The van der Waals surface area contributed by atoms with Crippen LogP contribution < -0.4 is 20.5 Å². The third-order valence-corrected chi connectivity index (χ3v) is 6.05. The Balaban J connectivity index is 1.75. The molecule has 142 valence electrons. The van der Waals surface area contributed by atoms with Crippen LogP contribution >= 0.6 is 0 Å². The van der Waals surface area contributed by atoms with E-state index >= 15 is 4.39 Å². The van der Waals surface area contributed by atoms with E-state index < -0.39 is 17.3 Å². The number of ether oxygens (including phenoxy) is 1. The van der Waals surface area contributed by atoms with E-state index in [0.717, 1.165) is 26.2 Å². The highest BCUT2D eigenvalue weighted by atomic mass is 19.1. The molecule has 7 nitrogen and oxygen atoms in total. The number of carboxylic acids is 1. The van der Waals surface area contributed by atoms with Crippen molar-refractivity contribution in [1.82, 2.24) is 9.88 Å². The molecule has 0 amide bonds. The number of pyridine rings is 1. The van der Waals surface area contributed by atoms with E-state index in [0.29, 0.717) is 34.2 Å². The first-order valence-corrected chi connectivity index (χ1v) is 9.19. The molecule has 1 aromatic heterocycles. The zero-order valence-electron chi connectivity index (χ0n) is 14.9. The Bertz CT molecular complexity index is 1020. The van der Waals surface area contributed by atoms with Gasteiger partial charge in [0, 0.05) is 31.6 Å². The van der Waals surface area contributed by atoms with Crippen molar-refractivity contribution in [2.24, 2.45) is 11.8 Å². The number of anilines is 1. The van der Waals surface area contributed by atoms with Crippen molar-refractivity contribution < 1.29 is 19.0 Å². The van der Waals surface area contributed by atoms with Gasteiger partial charge in [0.1, 0.15) is 17.9 Å². The third-order valence-electron chi connectivity index (χ3n) is 6.05. The Morgan fingerprint density at radius 1 is 1.30 bits per heavy atom. The van der Waals surface area contributed by atoms with Crippen LogP contribution in [0, 0.1) is 17.7 Å². The maximum atomic E-state index is 15.1. The SMILES string of the molecule is C[C@H]1COc2c(N3CC4CNCC4C3)c(F)cc3cc(C(=O)O)c(=O)n1c23. The monoisotopic (exact) mass is 373 g/mol. The van der Waals surface area contributed by atoms with E-state index in [1.807, 2.05) is 4.90 Å². The number of fused-ring (bicyclic) bond motifs is 1. The van der Waals surface area contributed by atoms with Crippen LogP contribution in [0.15, 0.2) is 16.9 Å². The molecule has 2 fully saturated rings. The highest BCUT2D eigenvalue weighted by Gasteiger charge is 2.39. The lowest BCUT2D eigenvalue weighted by molar-refractivity contribution is 0.0694. The predicted molar refractivity (Wildman–Crippen MR) is 97.4 cm³/mol. The highest BCUT2D eigenvalue weighted by molar-refractivity contribution is 5.97. The summed E-state index contributed by atoms with van der Waals surface area (Å²) in [6, 6.07) is 2.24. The number of hydrogen-bond donors (Lipinski definition) is 2. The van der Waals surface area contributed by atoms with Gasteiger partial charge in [0.2, 0.25) is 0 Å². The Kier molecular flexibility index (Phi) is 3.49. The highest BCUT2D eigenvalue weighted by Crippen LogP contribution is 2.44. The van der Waals surface area contributed by atoms with Gasteiger partial charge < -0.3 is 20.1 Å². The van der Waals surface area contributed by atoms with Gasteiger partial charge in [-0.05, 0) is 30.9 Å². The Hall–Kier alpha value is -2.61. The van der Waals surface area contributed by atoms with Crippen molar-refractivity contribution in [3.05, 3.63) is 33.9 Å². The average Bonchev–Trinajstić information content (AvgIpc) is 3.20. The zero-order chi connectivity index (χ0) is 18.9. The minimum absolute atomic E-state index is 0.198. The lowest BCUT2D eigenvalue weighted by Gasteiger charge is -2.31. The number of nitrogens with zero attached hydrogens (tertiary/aromatic N) is 2. The fourth-order valence-corrected chi connectivity index (χ4v) is 4.75. The van der Waals surface area contributed by atoms with Crippen LogP contribution in [0.4, 0.5) is 10.1 Å². The molecule has 2 N–H and O–H groups in total. The Labute approximate surface area is 154 Å². The largest absolute Gasteiger partial charge is 0.487 e. The lowest BCUT2D eigenvalue weighted by Crippen LogP contribution is -2.35. The summed E-state index contributed by atoms with van der Waals surface area (Å²) in [5.74, 6) is -0.445. The molecule has 5 rings (SSSR count). The zero-order valence-corrected chi connectivity index (χ0v) is 14.9. The maximum absolute atomic E-state index is 15.1. The van der Waals surface area contributed by atoms with Gasteiger partial charge in [-0.1, -0.05) is 0 Å². The van der Waals surface area contributed by atoms with Crippen molar-refractivity contribution in [1.29, 1.82) is 0 Å². The fraction of sp³-hybridized carbons (Fsp3) is 0.474. The fourth-order valence-electron chi connectivity index (χ4n) is 4.75. The smallest absolute Gasteiger partial charge is 0.341 e. The van der Waals surface area contributed by atoms with Crippen LogP contribution in [0.5, 0.6) is 5.75 Å². The average molecular weight is 373 g/mol. The third kappa shape index (κ3) is 2.29. The second-order valence-corrected chi connectivity index (χ2v) is 7.76. The molecule has 0 radical (unpaired) electrons. The number of nitrogens with one attached hydrogen (secondary N) is 1. The van der Waals surface area contributed by atoms with Gasteiger partial charge in [-0.3, -0.25) is 9.36 Å². The van der Waals surface area contributed by atoms with Crippen LogP contribution in [0.1, 0.15) is 23.3 Å². The van der Waals surface area contributed by atoms with Gasteiger partial charge in [0.05, 0.1) is 11.6 Å². The second-order valence-electron chi connectivity index (χ2n) is 7.76. The summed E-state index contributed by atoms with van der Waals surface area (Å²) in [6.07, 6.45) is 0. The Morgan fingerprint density at radius 3 is 2.67 bits per heavy atom. The number of carbonyl (C=O) groups is 1. The standard InChI is InChI=1S/C19H20FN3O4/c1-9-8-27-17-15-10(2-13(19(25)26)18(24)23(9)15)3-14(20)16(17)22-6-11-4-21-5-12(11)7-22/h2-3,9,11-12,21H,4-8H2,1H3,(H,25,26)/t9-,11?,12?/m0/s1. The van der Waals surface area contributed by atoms with Crippen LogP contribution in [0.2, 0.25) is 0 Å². The number of benzene rings is 1. The normalized spacial score (nSPS) is 26.3. The van der Waals surface area contributed by atoms with Crippen LogP contribution in [-0.2, 0) is 0 Å². The summed E-state index contributed by atoms with van der Waals surface area (Å²) in [7, 11) is 0. The molecule has 2 aromatic rings. The number of aromatic nitrogens is 1. The minimum Gasteiger partial charge on any atom is -0.487 e. The number of carboxylic acid groups (broad SMARTS) is 1. The van der Waals surface area contributed by atoms with E-state index in [9.17, 15) is 14.7 Å². The topological polar surface area (TPSA) is 83.8 Å². The Morgan fingerprint density at radius 2 is 2.00 bits per heavy atom. The molecule has 3 aliphatic rings. The van der Waals surface area contributed by atoms with E-state index in [-0.39, 0.29) is 18.2 Å². The molecule has 0 bridgehead atoms. The van der Waals surface area contributed by atoms with Crippen molar-refractivity contribution in [3.8, 4) is 5.75 Å². The first-order valence-electron chi connectivity index (χ1n) is 9.19.